The van der Waals surface area contributed by atoms with Crippen LogP contribution in [0.1, 0.15) is 36.5 Å². The molecule has 0 saturated heterocycles. The van der Waals surface area contributed by atoms with Gasteiger partial charge in [-0.05, 0) is 56.1 Å². The van der Waals surface area contributed by atoms with Crippen LogP contribution < -0.4 is 0 Å². The van der Waals surface area contributed by atoms with Gasteiger partial charge < -0.3 is 0 Å². The summed E-state index contributed by atoms with van der Waals surface area (Å²) in [5.41, 5.74) is 4.13. The van der Waals surface area contributed by atoms with E-state index in [0.717, 1.165) is 12.3 Å². The van der Waals surface area contributed by atoms with Crippen molar-refractivity contribution in [2.45, 2.75) is 45.4 Å². The van der Waals surface area contributed by atoms with Gasteiger partial charge in [0.25, 0.3) is 0 Å². The second-order valence-electron chi connectivity index (χ2n) is 5.35. The van der Waals surface area contributed by atoms with Crippen molar-refractivity contribution >= 4 is 11.6 Å². The first-order valence-electron chi connectivity index (χ1n) is 6.28. The molecule has 0 aromatic heterocycles. The van der Waals surface area contributed by atoms with Gasteiger partial charge >= 0.3 is 0 Å². The van der Waals surface area contributed by atoms with Crippen molar-refractivity contribution in [1.29, 1.82) is 0 Å². The number of halogens is 1. The van der Waals surface area contributed by atoms with Crippen molar-refractivity contribution in [3.8, 4) is 0 Å². The fourth-order valence-corrected chi connectivity index (χ4v) is 2.71. The average Bonchev–Trinajstić information content (AvgIpc) is 3.06. The van der Waals surface area contributed by atoms with E-state index >= 15 is 0 Å². The topological polar surface area (TPSA) is 0 Å². The molecule has 1 fully saturated rings. The number of rotatable bonds is 4. The van der Waals surface area contributed by atoms with Crippen LogP contribution in [0.4, 0.5) is 0 Å². The molecule has 1 aromatic rings. The molecule has 1 aromatic carbocycles. The van der Waals surface area contributed by atoms with Crippen LogP contribution in [0.25, 0.3) is 0 Å². The van der Waals surface area contributed by atoms with Crippen LogP contribution in [-0.2, 0) is 6.42 Å². The lowest BCUT2D eigenvalue weighted by atomic mass is 9.93. The van der Waals surface area contributed by atoms with E-state index in [1.165, 1.54) is 29.5 Å². The maximum Gasteiger partial charge on any atom is 0.0404 e. The summed E-state index contributed by atoms with van der Waals surface area (Å²) in [6.07, 6.45) is 3.79. The summed E-state index contributed by atoms with van der Waals surface area (Å²) in [4.78, 5) is 0. The molecule has 0 bridgehead atoms. The zero-order chi connectivity index (χ0) is 11.7. The first kappa shape index (κ1) is 12.0. The Balaban J connectivity index is 2.04. The lowest BCUT2D eigenvalue weighted by Gasteiger charge is -2.18. The summed E-state index contributed by atoms with van der Waals surface area (Å²) in [5, 5.41) is 0.299. The van der Waals surface area contributed by atoms with Gasteiger partial charge in [-0.25, -0.2) is 0 Å². The third kappa shape index (κ3) is 2.79. The molecule has 0 nitrogen and oxygen atoms in total. The van der Waals surface area contributed by atoms with Crippen LogP contribution in [0.2, 0.25) is 0 Å². The summed E-state index contributed by atoms with van der Waals surface area (Å²) >= 11 is 6.53. The third-order valence-electron chi connectivity index (χ3n) is 3.86. The normalized spacial score (nSPS) is 19.5. The minimum atomic E-state index is 0.299. The van der Waals surface area contributed by atoms with Crippen molar-refractivity contribution in [3.05, 3.63) is 34.9 Å². The van der Waals surface area contributed by atoms with Crippen molar-refractivity contribution in [3.63, 3.8) is 0 Å². The van der Waals surface area contributed by atoms with Crippen molar-refractivity contribution < 1.29 is 0 Å². The highest BCUT2D eigenvalue weighted by Crippen LogP contribution is 2.40. The Labute approximate surface area is 104 Å². The van der Waals surface area contributed by atoms with Gasteiger partial charge in [-0.15, -0.1) is 11.6 Å². The monoisotopic (exact) mass is 236 g/mol. The summed E-state index contributed by atoms with van der Waals surface area (Å²) < 4.78 is 0. The predicted octanol–water partition coefficient (Wildman–Crippen LogP) is 4.50. The van der Waals surface area contributed by atoms with E-state index in [2.05, 4.69) is 39.0 Å². The minimum Gasteiger partial charge on any atom is -0.122 e. The number of benzene rings is 1. The van der Waals surface area contributed by atoms with Gasteiger partial charge in [-0.2, -0.15) is 0 Å². The smallest absolute Gasteiger partial charge is 0.0404 e. The molecule has 2 atom stereocenters. The Morgan fingerprint density at radius 2 is 2.00 bits per heavy atom. The molecule has 1 heteroatoms. The van der Waals surface area contributed by atoms with E-state index in [4.69, 9.17) is 11.6 Å². The lowest BCUT2D eigenvalue weighted by molar-refractivity contribution is 0.478. The van der Waals surface area contributed by atoms with Crippen molar-refractivity contribution in [1.82, 2.24) is 0 Å². The summed E-state index contributed by atoms with van der Waals surface area (Å²) in [5.74, 6) is 1.56. The first-order valence-corrected chi connectivity index (χ1v) is 6.72. The molecule has 1 aliphatic carbocycles. The Bertz CT molecular complexity index is 366. The molecule has 2 rings (SSSR count). The molecular weight excluding hydrogens is 216 g/mol. The average molecular weight is 237 g/mol. The molecule has 0 heterocycles. The SMILES string of the molecule is Cc1ccc(C)c(CC(Cl)C(C)C2CC2)c1. The van der Waals surface area contributed by atoms with Gasteiger partial charge in [0.1, 0.15) is 0 Å². The van der Waals surface area contributed by atoms with Crippen molar-refractivity contribution in [2.24, 2.45) is 11.8 Å². The highest BCUT2D eigenvalue weighted by Gasteiger charge is 2.32. The van der Waals surface area contributed by atoms with Crippen LogP contribution >= 0.6 is 11.6 Å². The van der Waals surface area contributed by atoms with Gasteiger partial charge in [0, 0.05) is 5.38 Å². The highest BCUT2D eigenvalue weighted by atomic mass is 35.5. The van der Waals surface area contributed by atoms with Crippen LogP contribution in [-0.4, -0.2) is 5.38 Å². The molecule has 1 aliphatic rings. The zero-order valence-electron chi connectivity index (χ0n) is 10.5. The van der Waals surface area contributed by atoms with Gasteiger partial charge in [-0.3, -0.25) is 0 Å². The Morgan fingerprint density at radius 1 is 1.31 bits per heavy atom. The molecule has 0 radical (unpaired) electrons. The Hall–Kier alpha value is -0.490. The summed E-state index contributed by atoms with van der Waals surface area (Å²) in [6, 6.07) is 6.66. The fourth-order valence-electron chi connectivity index (χ4n) is 2.33. The van der Waals surface area contributed by atoms with Crippen LogP contribution in [0.15, 0.2) is 18.2 Å². The highest BCUT2D eigenvalue weighted by molar-refractivity contribution is 6.20. The first-order chi connectivity index (χ1) is 7.58. The number of alkyl halides is 1. The number of aryl methyl sites for hydroxylation is 2. The van der Waals surface area contributed by atoms with E-state index in [1.807, 2.05) is 0 Å². The molecule has 0 spiro atoms. The van der Waals surface area contributed by atoms with Gasteiger partial charge in [0.2, 0.25) is 0 Å². The predicted molar refractivity (Wildman–Crippen MR) is 71.1 cm³/mol. The van der Waals surface area contributed by atoms with Crippen LogP contribution in [0.3, 0.4) is 0 Å². The Kier molecular flexibility index (Phi) is 3.59. The number of hydrogen-bond acceptors (Lipinski definition) is 0. The standard InChI is InChI=1S/C15H21Cl/c1-10-4-5-11(2)14(8-10)9-15(16)12(3)13-6-7-13/h4-5,8,12-13,15H,6-7,9H2,1-3H3. The molecule has 88 valence electrons. The van der Waals surface area contributed by atoms with E-state index in [-0.39, 0.29) is 0 Å². The summed E-state index contributed by atoms with van der Waals surface area (Å²) in [6.45, 7) is 6.64. The molecule has 0 aliphatic heterocycles. The molecule has 0 amide bonds. The molecule has 1 saturated carbocycles. The molecule has 2 unspecified atom stereocenters. The van der Waals surface area contributed by atoms with E-state index in [0.29, 0.717) is 11.3 Å². The second-order valence-corrected chi connectivity index (χ2v) is 5.91. The van der Waals surface area contributed by atoms with Crippen LogP contribution in [0.5, 0.6) is 0 Å². The molecular formula is C15H21Cl. The third-order valence-corrected chi connectivity index (χ3v) is 4.41. The van der Waals surface area contributed by atoms with Gasteiger partial charge in [-0.1, -0.05) is 30.7 Å². The minimum absolute atomic E-state index is 0.299. The fraction of sp³-hybridized carbons (Fsp3) is 0.600. The van der Waals surface area contributed by atoms with E-state index in [1.54, 1.807) is 0 Å². The van der Waals surface area contributed by atoms with E-state index in [9.17, 15) is 0 Å². The molecule has 0 N–H and O–H groups in total. The lowest BCUT2D eigenvalue weighted by Crippen LogP contribution is -2.16. The maximum absolute atomic E-state index is 6.53. The quantitative estimate of drug-likeness (QED) is 0.676. The number of hydrogen-bond donors (Lipinski definition) is 0. The Morgan fingerprint density at radius 3 is 2.62 bits per heavy atom. The van der Waals surface area contributed by atoms with Gasteiger partial charge in [0.15, 0.2) is 0 Å². The largest absolute Gasteiger partial charge is 0.122 e. The maximum atomic E-state index is 6.53. The van der Waals surface area contributed by atoms with Gasteiger partial charge in [0.05, 0.1) is 0 Å². The van der Waals surface area contributed by atoms with Crippen molar-refractivity contribution in [2.75, 3.05) is 0 Å². The van der Waals surface area contributed by atoms with Crippen LogP contribution in [0, 0.1) is 25.7 Å². The second kappa shape index (κ2) is 4.79. The molecule has 16 heavy (non-hydrogen) atoms. The van der Waals surface area contributed by atoms with E-state index < -0.39 is 0 Å². The summed E-state index contributed by atoms with van der Waals surface area (Å²) in [7, 11) is 0. The zero-order valence-corrected chi connectivity index (χ0v) is 11.2.